The molecule has 32 heavy (non-hydrogen) atoms. The van der Waals surface area contributed by atoms with E-state index in [1.807, 2.05) is 19.9 Å². The van der Waals surface area contributed by atoms with Crippen LogP contribution in [0.3, 0.4) is 0 Å². The van der Waals surface area contributed by atoms with Crippen LogP contribution in [0.2, 0.25) is 0 Å². The second-order valence-corrected chi connectivity index (χ2v) is 8.22. The molecule has 0 amide bonds. The molecule has 0 radical (unpaired) electrons. The summed E-state index contributed by atoms with van der Waals surface area (Å²) in [7, 11) is 0. The number of nitrogen functional groups attached to an aromatic ring is 1. The maximum atomic E-state index is 11.2. The number of aromatic hydroxyl groups is 2. The SMILES string of the molecule is CC(C)(N)c1cc(-c2nc3cc(C(=N)N)ccc3[nH]2)c(O)c(-c2cc(C#N)ccc2O)c1. The van der Waals surface area contributed by atoms with E-state index in [2.05, 4.69) is 9.97 Å². The van der Waals surface area contributed by atoms with Crippen molar-refractivity contribution in [2.24, 2.45) is 11.5 Å². The van der Waals surface area contributed by atoms with Gasteiger partial charge in [0, 0.05) is 22.2 Å². The van der Waals surface area contributed by atoms with E-state index >= 15 is 0 Å². The van der Waals surface area contributed by atoms with E-state index in [1.54, 1.807) is 30.3 Å². The Balaban J connectivity index is 1.99. The van der Waals surface area contributed by atoms with Gasteiger partial charge in [-0.15, -0.1) is 0 Å². The number of phenolic OH excluding ortho intramolecular Hbond substituents is 2. The number of amidine groups is 1. The summed E-state index contributed by atoms with van der Waals surface area (Å²) >= 11 is 0. The fourth-order valence-corrected chi connectivity index (χ4v) is 3.51. The van der Waals surface area contributed by atoms with E-state index in [-0.39, 0.29) is 17.3 Å². The van der Waals surface area contributed by atoms with Gasteiger partial charge >= 0.3 is 0 Å². The summed E-state index contributed by atoms with van der Waals surface area (Å²) in [4.78, 5) is 7.75. The van der Waals surface area contributed by atoms with Gasteiger partial charge in [0.05, 0.1) is 28.2 Å². The predicted octanol–water partition coefficient (Wildman–Crippen LogP) is 3.66. The van der Waals surface area contributed by atoms with Crippen molar-refractivity contribution in [2.45, 2.75) is 19.4 Å². The quantitative estimate of drug-likeness (QED) is 0.215. The third kappa shape index (κ3) is 3.62. The average molecular weight is 426 g/mol. The van der Waals surface area contributed by atoms with Crippen LogP contribution in [0.1, 0.15) is 30.5 Å². The van der Waals surface area contributed by atoms with E-state index in [1.165, 1.54) is 18.2 Å². The number of hydrogen-bond acceptors (Lipinski definition) is 6. The van der Waals surface area contributed by atoms with Crippen molar-refractivity contribution in [1.82, 2.24) is 9.97 Å². The Labute approximate surface area is 184 Å². The largest absolute Gasteiger partial charge is 0.507 e. The molecule has 0 atom stereocenters. The van der Waals surface area contributed by atoms with Gasteiger partial charge in [-0.2, -0.15) is 5.26 Å². The molecule has 0 saturated heterocycles. The van der Waals surface area contributed by atoms with E-state index in [0.717, 1.165) is 0 Å². The molecule has 160 valence electrons. The molecule has 8 heteroatoms. The Bertz CT molecular complexity index is 1420. The maximum Gasteiger partial charge on any atom is 0.142 e. The summed E-state index contributed by atoms with van der Waals surface area (Å²) in [5, 5.41) is 38.5. The van der Waals surface area contributed by atoms with Crippen LogP contribution in [0.25, 0.3) is 33.5 Å². The van der Waals surface area contributed by atoms with Crippen LogP contribution >= 0.6 is 0 Å². The summed E-state index contributed by atoms with van der Waals surface area (Å²) in [6, 6.07) is 15.1. The van der Waals surface area contributed by atoms with Gasteiger partial charge < -0.3 is 26.7 Å². The first-order valence-corrected chi connectivity index (χ1v) is 9.83. The molecule has 0 aliphatic carbocycles. The smallest absolute Gasteiger partial charge is 0.142 e. The molecule has 0 spiro atoms. The number of nitriles is 1. The zero-order valence-electron chi connectivity index (χ0n) is 17.6. The monoisotopic (exact) mass is 426 g/mol. The van der Waals surface area contributed by atoms with E-state index in [9.17, 15) is 15.5 Å². The van der Waals surface area contributed by atoms with Crippen molar-refractivity contribution < 1.29 is 10.2 Å². The van der Waals surface area contributed by atoms with Crippen LogP contribution in [0.4, 0.5) is 0 Å². The van der Waals surface area contributed by atoms with Crippen LogP contribution in [-0.4, -0.2) is 26.0 Å². The van der Waals surface area contributed by atoms with Crippen molar-refractivity contribution in [3.05, 3.63) is 65.2 Å². The number of benzene rings is 3. The first kappa shape index (κ1) is 20.9. The minimum absolute atomic E-state index is 0.0682. The number of rotatable bonds is 4. The molecule has 8 nitrogen and oxygen atoms in total. The molecule has 0 fully saturated rings. The molecule has 1 heterocycles. The highest BCUT2D eigenvalue weighted by Gasteiger charge is 2.23. The van der Waals surface area contributed by atoms with Gasteiger partial charge in [-0.1, -0.05) is 0 Å². The van der Waals surface area contributed by atoms with Crippen LogP contribution < -0.4 is 11.5 Å². The highest BCUT2D eigenvalue weighted by molar-refractivity contribution is 5.98. The maximum absolute atomic E-state index is 11.2. The fourth-order valence-electron chi connectivity index (χ4n) is 3.51. The first-order chi connectivity index (χ1) is 15.1. The van der Waals surface area contributed by atoms with E-state index in [4.69, 9.17) is 16.9 Å². The van der Waals surface area contributed by atoms with Gasteiger partial charge in [0.15, 0.2) is 0 Å². The van der Waals surface area contributed by atoms with Crippen LogP contribution in [-0.2, 0) is 5.54 Å². The number of aromatic nitrogens is 2. The topological polar surface area (TPSA) is 169 Å². The van der Waals surface area contributed by atoms with Gasteiger partial charge in [0.25, 0.3) is 0 Å². The highest BCUT2D eigenvalue weighted by atomic mass is 16.3. The summed E-state index contributed by atoms with van der Waals surface area (Å²) < 4.78 is 0. The van der Waals surface area contributed by atoms with Crippen LogP contribution in [0.5, 0.6) is 11.5 Å². The standard InChI is InChI=1S/C24H22N6O2/c1-24(2,28)14-9-16(15-7-12(11-25)3-6-20(15)31)21(32)17(10-14)23-29-18-5-4-13(22(26)27)8-19(18)30-23/h3-10,31-32H,28H2,1-2H3,(H3,26,27)(H,29,30). The second-order valence-electron chi connectivity index (χ2n) is 8.22. The Hall–Kier alpha value is -4.35. The van der Waals surface area contributed by atoms with Gasteiger partial charge in [-0.05, 0) is 67.9 Å². The molecule has 4 aromatic rings. The number of nitrogens with two attached hydrogens (primary N) is 2. The number of H-pyrrole nitrogens is 1. The molecule has 0 bridgehead atoms. The zero-order chi connectivity index (χ0) is 23.2. The van der Waals surface area contributed by atoms with E-state index in [0.29, 0.717) is 50.2 Å². The number of phenols is 2. The number of hydrogen-bond donors (Lipinski definition) is 6. The molecule has 0 aliphatic rings. The third-order valence-electron chi connectivity index (χ3n) is 5.32. The van der Waals surface area contributed by atoms with Gasteiger partial charge in [0.1, 0.15) is 23.2 Å². The summed E-state index contributed by atoms with van der Waals surface area (Å²) in [6.07, 6.45) is 0. The number of nitrogens with one attached hydrogen (secondary N) is 2. The van der Waals surface area contributed by atoms with Crippen molar-refractivity contribution in [3.63, 3.8) is 0 Å². The average Bonchev–Trinajstić information content (AvgIpc) is 3.16. The zero-order valence-corrected chi connectivity index (χ0v) is 17.6. The molecule has 8 N–H and O–H groups in total. The molecular formula is C24H22N6O2. The van der Waals surface area contributed by atoms with Crippen LogP contribution in [0.15, 0.2) is 48.5 Å². The molecule has 0 aliphatic heterocycles. The van der Waals surface area contributed by atoms with Crippen molar-refractivity contribution in [2.75, 3.05) is 0 Å². The number of nitrogens with zero attached hydrogens (tertiary/aromatic N) is 2. The number of imidazole rings is 1. The Morgan fingerprint density at radius 2 is 1.78 bits per heavy atom. The fraction of sp³-hybridized carbons (Fsp3) is 0.125. The second kappa shape index (κ2) is 7.41. The Kier molecular flexibility index (Phi) is 4.84. The highest BCUT2D eigenvalue weighted by Crippen LogP contribution is 2.43. The van der Waals surface area contributed by atoms with Crippen molar-refractivity contribution in [1.29, 1.82) is 10.7 Å². The Morgan fingerprint density at radius 3 is 2.44 bits per heavy atom. The van der Waals surface area contributed by atoms with Gasteiger partial charge in [-0.3, -0.25) is 5.41 Å². The minimum Gasteiger partial charge on any atom is -0.507 e. The minimum atomic E-state index is -0.756. The summed E-state index contributed by atoms with van der Waals surface area (Å²) in [6.45, 7) is 3.66. The lowest BCUT2D eigenvalue weighted by molar-refractivity contribution is 0.469. The molecule has 1 aromatic heterocycles. The molecular weight excluding hydrogens is 404 g/mol. The normalized spacial score (nSPS) is 11.4. The lowest BCUT2D eigenvalue weighted by Crippen LogP contribution is -2.28. The molecule has 0 unspecified atom stereocenters. The molecule has 4 rings (SSSR count). The Morgan fingerprint density at radius 1 is 1.06 bits per heavy atom. The molecule has 0 saturated carbocycles. The summed E-state index contributed by atoms with van der Waals surface area (Å²) in [5.74, 6) is 0.130. The lowest BCUT2D eigenvalue weighted by Gasteiger charge is -2.22. The number of aromatic amines is 1. The number of fused-ring (bicyclic) bond motifs is 1. The van der Waals surface area contributed by atoms with Crippen LogP contribution in [0, 0.1) is 16.7 Å². The van der Waals surface area contributed by atoms with Crippen molar-refractivity contribution in [3.8, 4) is 40.1 Å². The third-order valence-corrected chi connectivity index (χ3v) is 5.32. The predicted molar refractivity (Wildman–Crippen MR) is 123 cm³/mol. The van der Waals surface area contributed by atoms with Crippen molar-refractivity contribution >= 4 is 16.9 Å². The van der Waals surface area contributed by atoms with Gasteiger partial charge in [-0.25, -0.2) is 4.98 Å². The lowest BCUT2D eigenvalue weighted by atomic mass is 9.88. The van der Waals surface area contributed by atoms with Gasteiger partial charge in [0.2, 0.25) is 0 Å². The van der Waals surface area contributed by atoms with E-state index < -0.39 is 5.54 Å². The summed E-state index contributed by atoms with van der Waals surface area (Å²) in [5.41, 5.74) is 15.1. The molecule has 3 aromatic carbocycles. The first-order valence-electron chi connectivity index (χ1n) is 9.83.